The summed E-state index contributed by atoms with van der Waals surface area (Å²) in [7, 11) is 0. The first-order valence-corrected chi connectivity index (χ1v) is 5.19. The fourth-order valence-corrected chi connectivity index (χ4v) is 1.32. The largest absolute Gasteiger partial charge is 1.00 e. The van der Waals surface area contributed by atoms with Crippen LogP contribution in [-0.4, -0.2) is 11.1 Å². The number of hydrogen-bond acceptors (Lipinski definition) is 1. The molecule has 1 aliphatic rings. The van der Waals surface area contributed by atoms with Crippen LogP contribution in [0, 0.1) is 12.3 Å². The Morgan fingerprint density at radius 1 is 1.50 bits per heavy atom. The van der Waals surface area contributed by atoms with Gasteiger partial charge in [-0.05, 0) is 0 Å². The third kappa shape index (κ3) is 12.5. The Labute approximate surface area is 110 Å². The van der Waals surface area contributed by atoms with Gasteiger partial charge >= 0.3 is 29.6 Å². The summed E-state index contributed by atoms with van der Waals surface area (Å²) in [5.74, 6) is 0.177. The van der Waals surface area contributed by atoms with E-state index in [9.17, 15) is 0 Å². The Kier molecular flexibility index (Phi) is 13.9. The van der Waals surface area contributed by atoms with Gasteiger partial charge in [0, 0.05) is 6.92 Å². The summed E-state index contributed by atoms with van der Waals surface area (Å²) < 4.78 is 0. The fraction of sp³-hybridized carbons (Fsp3) is 0.818. The molecule has 0 amide bonds. The number of hydrogen-bond donors (Lipinski definition) is 1. The van der Waals surface area contributed by atoms with E-state index >= 15 is 0 Å². The molecule has 0 heterocycles. The summed E-state index contributed by atoms with van der Waals surface area (Å²) in [4.78, 5) is 9.00. The molecule has 2 nitrogen and oxygen atoms in total. The Morgan fingerprint density at radius 3 is 2.29 bits per heavy atom. The minimum Gasteiger partial charge on any atom is -0.481 e. The van der Waals surface area contributed by atoms with Crippen molar-refractivity contribution < 1.29 is 39.5 Å². The molecular weight excluding hydrogens is 187 g/mol. The van der Waals surface area contributed by atoms with Gasteiger partial charge in [-0.3, -0.25) is 4.79 Å². The fourth-order valence-electron chi connectivity index (χ4n) is 1.32. The molecule has 1 saturated carbocycles. The maximum atomic E-state index is 9.00. The molecule has 1 rings (SSSR count). The zero-order chi connectivity index (χ0) is 10.1. The maximum absolute atomic E-state index is 9.00. The van der Waals surface area contributed by atoms with E-state index in [0.29, 0.717) is 0 Å². The van der Waals surface area contributed by atoms with Crippen LogP contribution in [0.3, 0.4) is 0 Å². The molecule has 14 heavy (non-hydrogen) atoms. The van der Waals surface area contributed by atoms with E-state index in [-0.39, 0.29) is 29.6 Å². The second-order valence-corrected chi connectivity index (χ2v) is 3.59. The van der Waals surface area contributed by atoms with Crippen molar-refractivity contribution in [2.45, 2.75) is 52.4 Å². The molecule has 0 bridgehead atoms. The average Bonchev–Trinajstić information content (AvgIpc) is 1.93. The van der Waals surface area contributed by atoms with Crippen LogP contribution in [-0.2, 0) is 4.79 Å². The maximum Gasteiger partial charge on any atom is 1.00 e. The molecule has 0 radical (unpaired) electrons. The van der Waals surface area contributed by atoms with Gasteiger partial charge in [-0.1, -0.05) is 32.6 Å². The first-order valence-electron chi connectivity index (χ1n) is 5.19. The van der Waals surface area contributed by atoms with Crippen LogP contribution in [0.4, 0.5) is 0 Å². The number of carboxylic acid groups (broad SMARTS) is 1. The SMILES string of the molecule is CC(=O)O.CCCCCC1[CH-]CC1.[Na+]. The normalized spacial score (nSPS) is 18.3. The minimum absolute atomic E-state index is 0. The molecule has 1 N–H and O–H groups in total. The van der Waals surface area contributed by atoms with E-state index in [2.05, 4.69) is 13.3 Å². The summed E-state index contributed by atoms with van der Waals surface area (Å²) in [5.41, 5.74) is 0. The third-order valence-electron chi connectivity index (χ3n) is 2.22. The van der Waals surface area contributed by atoms with Gasteiger partial charge in [0.05, 0.1) is 0 Å². The van der Waals surface area contributed by atoms with Gasteiger partial charge in [0.1, 0.15) is 0 Å². The smallest absolute Gasteiger partial charge is 0.481 e. The first kappa shape index (κ1) is 16.9. The molecule has 1 aliphatic carbocycles. The van der Waals surface area contributed by atoms with Crippen LogP contribution in [0.5, 0.6) is 0 Å². The van der Waals surface area contributed by atoms with Gasteiger partial charge in [-0.2, -0.15) is 12.3 Å². The Balaban J connectivity index is 0. The van der Waals surface area contributed by atoms with Gasteiger partial charge in [0.15, 0.2) is 0 Å². The first-order chi connectivity index (χ1) is 6.16. The van der Waals surface area contributed by atoms with E-state index in [1.807, 2.05) is 0 Å². The molecule has 1 atom stereocenters. The van der Waals surface area contributed by atoms with Gasteiger partial charge in [-0.15, -0.1) is 6.42 Å². The summed E-state index contributed by atoms with van der Waals surface area (Å²) in [6.07, 6.45) is 11.1. The number of carboxylic acids is 1. The van der Waals surface area contributed by atoms with Crippen molar-refractivity contribution in [2.24, 2.45) is 5.92 Å². The van der Waals surface area contributed by atoms with Gasteiger partial charge in [-0.25, -0.2) is 0 Å². The molecule has 0 aromatic carbocycles. The summed E-state index contributed by atoms with van der Waals surface area (Å²) in [6.45, 7) is 3.35. The van der Waals surface area contributed by atoms with Crippen LogP contribution in [0.25, 0.3) is 0 Å². The van der Waals surface area contributed by atoms with E-state index < -0.39 is 5.97 Å². The zero-order valence-electron chi connectivity index (χ0n) is 9.75. The molecule has 0 spiro atoms. The van der Waals surface area contributed by atoms with E-state index in [1.165, 1.54) is 38.5 Å². The van der Waals surface area contributed by atoms with Gasteiger partial charge in [0.2, 0.25) is 0 Å². The number of aliphatic carboxylic acids is 1. The molecule has 1 fully saturated rings. The van der Waals surface area contributed by atoms with Crippen molar-refractivity contribution in [1.82, 2.24) is 0 Å². The molecule has 78 valence electrons. The van der Waals surface area contributed by atoms with Crippen molar-refractivity contribution in [2.75, 3.05) is 0 Å². The van der Waals surface area contributed by atoms with Crippen molar-refractivity contribution >= 4 is 5.97 Å². The van der Waals surface area contributed by atoms with Crippen molar-refractivity contribution in [3.8, 4) is 0 Å². The molecule has 1 unspecified atom stereocenters. The van der Waals surface area contributed by atoms with E-state index in [1.54, 1.807) is 0 Å². The van der Waals surface area contributed by atoms with Crippen molar-refractivity contribution in [3.05, 3.63) is 6.42 Å². The van der Waals surface area contributed by atoms with Crippen LogP contribution in [0.1, 0.15) is 52.4 Å². The predicted octanol–water partition coefficient (Wildman–Crippen LogP) is 0.276. The second-order valence-electron chi connectivity index (χ2n) is 3.59. The molecule has 0 saturated heterocycles. The third-order valence-corrected chi connectivity index (χ3v) is 2.22. The minimum atomic E-state index is -0.833. The topological polar surface area (TPSA) is 37.3 Å². The van der Waals surface area contributed by atoms with Crippen LogP contribution < -0.4 is 29.6 Å². The number of carbonyl (C=O) groups is 1. The molecule has 0 aromatic rings. The van der Waals surface area contributed by atoms with Gasteiger partial charge in [0.25, 0.3) is 5.97 Å². The summed E-state index contributed by atoms with van der Waals surface area (Å²) in [6, 6.07) is 0. The zero-order valence-corrected chi connectivity index (χ0v) is 11.8. The second kappa shape index (κ2) is 11.5. The van der Waals surface area contributed by atoms with Crippen molar-refractivity contribution in [3.63, 3.8) is 0 Å². The van der Waals surface area contributed by atoms with E-state index in [0.717, 1.165) is 12.8 Å². The van der Waals surface area contributed by atoms with Crippen LogP contribution in [0.2, 0.25) is 0 Å². The molecule has 0 aromatic heterocycles. The Morgan fingerprint density at radius 2 is 2.00 bits per heavy atom. The number of unbranched alkanes of at least 4 members (excludes halogenated alkanes) is 2. The average molecular weight is 208 g/mol. The Hall–Kier alpha value is 0.470. The Bertz CT molecular complexity index is 129. The standard InChI is InChI=1S/C9H17.C2H4O2.Na/c1-2-3-4-6-9-7-5-8-9;1-2(3)4;/h7,9H,2-6,8H2,1H3;1H3,(H,3,4);/q-1;;+1. The molecular formula is C11H21NaO2. The molecule has 3 heteroatoms. The number of rotatable bonds is 4. The van der Waals surface area contributed by atoms with Gasteiger partial charge < -0.3 is 11.5 Å². The predicted molar refractivity (Wildman–Crippen MR) is 54.5 cm³/mol. The van der Waals surface area contributed by atoms with Crippen molar-refractivity contribution in [1.29, 1.82) is 0 Å². The van der Waals surface area contributed by atoms with Crippen LogP contribution >= 0.6 is 0 Å². The monoisotopic (exact) mass is 208 g/mol. The quantitative estimate of drug-likeness (QED) is 0.409. The van der Waals surface area contributed by atoms with Crippen LogP contribution in [0.15, 0.2) is 0 Å². The summed E-state index contributed by atoms with van der Waals surface area (Å²) in [5, 5.41) is 7.42. The summed E-state index contributed by atoms with van der Waals surface area (Å²) >= 11 is 0. The molecule has 0 aliphatic heterocycles. The van der Waals surface area contributed by atoms with E-state index in [4.69, 9.17) is 9.90 Å².